The summed E-state index contributed by atoms with van der Waals surface area (Å²) < 4.78 is 21.5. The van der Waals surface area contributed by atoms with Gasteiger partial charge in [0.15, 0.2) is 5.43 Å². The monoisotopic (exact) mass is 392 g/mol. The van der Waals surface area contributed by atoms with Crippen molar-refractivity contribution in [2.75, 3.05) is 21.3 Å². The zero-order valence-electron chi connectivity index (χ0n) is 16.4. The number of allylic oxidation sites excluding steroid dienone is 1. The molecule has 1 aromatic heterocycles. The van der Waals surface area contributed by atoms with E-state index in [0.29, 0.717) is 52.2 Å². The Hall–Kier alpha value is -3.54. The first-order valence-electron chi connectivity index (χ1n) is 9.16. The van der Waals surface area contributed by atoms with Crippen LogP contribution in [-0.2, 0) is 11.2 Å². The number of benzene rings is 2. The van der Waals surface area contributed by atoms with E-state index in [1.54, 1.807) is 26.4 Å². The summed E-state index contributed by atoms with van der Waals surface area (Å²) in [7, 11) is 4.51. The lowest BCUT2D eigenvalue weighted by atomic mass is 10.1. The molecule has 0 atom stereocenters. The van der Waals surface area contributed by atoms with Crippen LogP contribution in [0.5, 0.6) is 11.5 Å². The number of fused-ring (bicyclic) bond motifs is 2. The molecule has 0 amide bonds. The highest BCUT2D eigenvalue weighted by Crippen LogP contribution is 2.36. The lowest BCUT2D eigenvalue weighted by molar-refractivity contribution is 0.0601. The number of rotatable bonds is 4. The van der Waals surface area contributed by atoms with Crippen LogP contribution in [0.4, 0.5) is 0 Å². The van der Waals surface area contributed by atoms with Gasteiger partial charge in [-0.2, -0.15) is 0 Å². The molecule has 1 aliphatic rings. The number of hydrogen-bond donors (Lipinski definition) is 0. The minimum absolute atomic E-state index is 0.114. The van der Waals surface area contributed by atoms with Crippen LogP contribution in [0, 0.1) is 0 Å². The Morgan fingerprint density at radius 1 is 1.03 bits per heavy atom. The molecule has 0 saturated carbocycles. The van der Waals surface area contributed by atoms with E-state index in [4.69, 9.17) is 18.6 Å². The Labute approximate surface area is 167 Å². The van der Waals surface area contributed by atoms with Crippen molar-refractivity contribution in [2.24, 2.45) is 0 Å². The lowest BCUT2D eigenvalue weighted by Gasteiger charge is -2.09. The van der Waals surface area contributed by atoms with Crippen LogP contribution < -0.4 is 14.9 Å². The second-order valence-electron chi connectivity index (χ2n) is 6.72. The molecule has 0 saturated heterocycles. The maximum Gasteiger partial charge on any atom is 0.337 e. The summed E-state index contributed by atoms with van der Waals surface area (Å²) in [5.41, 5.74) is 3.08. The van der Waals surface area contributed by atoms with Gasteiger partial charge in [-0.3, -0.25) is 4.79 Å². The smallest absolute Gasteiger partial charge is 0.337 e. The van der Waals surface area contributed by atoms with E-state index >= 15 is 0 Å². The molecule has 0 radical (unpaired) electrons. The van der Waals surface area contributed by atoms with Crippen molar-refractivity contribution in [2.45, 2.75) is 12.8 Å². The summed E-state index contributed by atoms with van der Waals surface area (Å²) in [4.78, 5) is 24.8. The fraction of sp³-hybridized carbons (Fsp3) is 0.217. The molecule has 0 spiro atoms. The van der Waals surface area contributed by atoms with Crippen LogP contribution in [0.25, 0.3) is 22.6 Å². The van der Waals surface area contributed by atoms with Crippen molar-refractivity contribution in [3.8, 4) is 11.5 Å². The quantitative estimate of drug-likeness (QED) is 0.623. The van der Waals surface area contributed by atoms with Crippen molar-refractivity contribution in [3.05, 3.63) is 69.1 Å². The number of methoxy groups -OCH3 is 3. The minimum Gasteiger partial charge on any atom is -0.497 e. The van der Waals surface area contributed by atoms with Crippen molar-refractivity contribution in [1.29, 1.82) is 0 Å². The number of carbonyl (C=O) groups excluding carboxylic acids is 1. The molecule has 0 fully saturated rings. The fourth-order valence-corrected chi connectivity index (χ4v) is 3.60. The first kappa shape index (κ1) is 18.8. The number of ether oxygens (including phenoxy) is 3. The maximum atomic E-state index is 13.0. The third-order valence-corrected chi connectivity index (χ3v) is 5.11. The van der Waals surface area contributed by atoms with E-state index in [2.05, 4.69) is 0 Å². The molecule has 0 unspecified atom stereocenters. The molecule has 6 heteroatoms. The summed E-state index contributed by atoms with van der Waals surface area (Å²) in [6.07, 6.45) is 3.24. The first-order valence-corrected chi connectivity index (χ1v) is 9.16. The maximum absolute atomic E-state index is 13.0. The van der Waals surface area contributed by atoms with Crippen LogP contribution in [0.3, 0.4) is 0 Å². The molecule has 6 nitrogen and oxygen atoms in total. The first-order chi connectivity index (χ1) is 14.0. The highest BCUT2D eigenvalue weighted by atomic mass is 16.5. The molecule has 0 N–H and O–H groups in total. The molecule has 0 bridgehead atoms. The zero-order valence-corrected chi connectivity index (χ0v) is 16.4. The fourth-order valence-electron chi connectivity index (χ4n) is 3.60. The SMILES string of the molecule is COC(=O)c1ccc2oc3c(c(=O)c2c1)CCC3=Cc1ccc(OC)cc1OC. The highest BCUT2D eigenvalue weighted by Gasteiger charge is 2.25. The zero-order chi connectivity index (χ0) is 20.5. The molecule has 0 aliphatic heterocycles. The molecule has 29 heavy (non-hydrogen) atoms. The molecule has 3 aromatic rings. The second-order valence-corrected chi connectivity index (χ2v) is 6.72. The summed E-state index contributed by atoms with van der Waals surface area (Å²) >= 11 is 0. The molecule has 4 rings (SSSR count). The Morgan fingerprint density at radius 2 is 1.86 bits per heavy atom. The van der Waals surface area contributed by atoms with E-state index in [0.717, 1.165) is 11.1 Å². The Morgan fingerprint density at radius 3 is 2.59 bits per heavy atom. The van der Waals surface area contributed by atoms with E-state index in [9.17, 15) is 9.59 Å². The van der Waals surface area contributed by atoms with Gasteiger partial charge in [-0.1, -0.05) is 0 Å². The minimum atomic E-state index is -0.487. The van der Waals surface area contributed by atoms with E-state index in [-0.39, 0.29) is 5.43 Å². The van der Waals surface area contributed by atoms with Crippen LogP contribution in [0.15, 0.2) is 45.6 Å². The molecule has 148 valence electrons. The third kappa shape index (κ3) is 3.27. The van der Waals surface area contributed by atoms with Crippen molar-refractivity contribution < 1.29 is 23.4 Å². The van der Waals surface area contributed by atoms with E-state index < -0.39 is 5.97 Å². The highest BCUT2D eigenvalue weighted by molar-refractivity contribution is 5.95. The average molecular weight is 392 g/mol. The van der Waals surface area contributed by atoms with Gasteiger partial charge in [0.2, 0.25) is 0 Å². The van der Waals surface area contributed by atoms with Crippen LogP contribution in [-0.4, -0.2) is 27.3 Å². The standard InChI is InChI=1S/C23H20O6/c1-26-16-7-4-13(20(12-16)27-2)10-14-5-8-17-21(24)18-11-15(23(25)28-3)6-9-19(18)29-22(14)17/h4,6-7,9-12H,5,8H2,1-3H3. The van der Waals surface area contributed by atoms with Gasteiger partial charge in [0.25, 0.3) is 0 Å². The summed E-state index contributed by atoms with van der Waals surface area (Å²) in [5.74, 6) is 1.48. The van der Waals surface area contributed by atoms with Gasteiger partial charge in [-0.25, -0.2) is 4.79 Å². The normalized spacial score (nSPS) is 14.1. The average Bonchev–Trinajstić information content (AvgIpc) is 3.16. The number of carbonyl (C=O) groups is 1. The second kappa shape index (κ2) is 7.47. The number of hydrogen-bond acceptors (Lipinski definition) is 6. The van der Waals surface area contributed by atoms with Crippen molar-refractivity contribution >= 4 is 28.6 Å². The summed E-state index contributed by atoms with van der Waals surface area (Å²) in [6, 6.07) is 10.3. The van der Waals surface area contributed by atoms with Crippen LogP contribution >= 0.6 is 0 Å². The van der Waals surface area contributed by atoms with Gasteiger partial charge >= 0.3 is 5.97 Å². The summed E-state index contributed by atoms with van der Waals surface area (Å²) in [5, 5.41) is 0.384. The summed E-state index contributed by atoms with van der Waals surface area (Å²) in [6.45, 7) is 0. The predicted octanol–water partition coefficient (Wildman–Crippen LogP) is 4.08. The van der Waals surface area contributed by atoms with Gasteiger partial charge in [-0.05, 0) is 54.8 Å². The van der Waals surface area contributed by atoms with Crippen LogP contribution in [0.1, 0.15) is 33.7 Å². The Balaban J connectivity index is 1.82. The topological polar surface area (TPSA) is 75.0 Å². The third-order valence-electron chi connectivity index (χ3n) is 5.11. The van der Waals surface area contributed by atoms with Gasteiger partial charge < -0.3 is 18.6 Å². The largest absolute Gasteiger partial charge is 0.497 e. The molecule has 1 aliphatic carbocycles. The Kier molecular flexibility index (Phi) is 4.84. The molecular weight excluding hydrogens is 372 g/mol. The van der Waals surface area contributed by atoms with E-state index in [1.165, 1.54) is 13.2 Å². The van der Waals surface area contributed by atoms with Crippen LogP contribution in [0.2, 0.25) is 0 Å². The molecular formula is C23H20O6. The van der Waals surface area contributed by atoms with Gasteiger partial charge in [0, 0.05) is 17.2 Å². The predicted molar refractivity (Wildman–Crippen MR) is 110 cm³/mol. The molecule has 2 aromatic carbocycles. The van der Waals surface area contributed by atoms with E-state index in [1.807, 2.05) is 24.3 Å². The van der Waals surface area contributed by atoms with Gasteiger partial charge in [-0.15, -0.1) is 0 Å². The van der Waals surface area contributed by atoms with Gasteiger partial charge in [0.05, 0.1) is 32.3 Å². The lowest BCUT2D eigenvalue weighted by Crippen LogP contribution is -2.10. The molecule has 1 heterocycles. The number of esters is 1. The Bertz CT molecular complexity index is 1200. The van der Waals surface area contributed by atoms with Gasteiger partial charge in [0.1, 0.15) is 22.8 Å². The van der Waals surface area contributed by atoms with Crippen molar-refractivity contribution in [1.82, 2.24) is 0 Å². The van der Waals surface area contributed by atoms with Crippen molar-refractivity contribution in [3.63, 3.8) is 0 Å².